The van der Waals surface area contributed by atoms with Gasteiger partial charge in [-0.25, -0.2) is 4.79 Å². The van der Waals surface area contributed by atoms with Gasteiger partial charge in [0.05, 0.1) is 0 Å². The van der Waals surface area contributed by atoms with Crippen LogP contribution in [0.1, 0.15) is 5.56 Å². The van der Waals surface area contributed by atoms with E-state index in [0.29, 0.717) is 5.65 Å². The minimum atomic E-state index is -0.560. The van der Waals surface area contributed by atoms with Crippen molar-refractivity contribution >= 4 is 5.65 Å². The summed E-state index contributed by atoms with van der Waals surface area (Å²) in [5.41, 5.74) is 1.60. The van der Waals surface area contributed by atoms with Gasteiger partial charge in [-0.15, -0.1) is 0 Å². The second kappa shape index (κ2) is 1.95. The highest BCUT2D eigenvalue weighted by Gasteiger charge is 1.97. The van der Waals surface area contributed by atoms with Crippen molar-refractivity contribution in [3.05, 3.63) is 34.4 Å². The summed E-state index contributed by atoms with van der Waals surface area (Å²) < 4.78 is 6.02. The average Bonchev–Trinajstić information content (AvgIpc) is 2.27. The van der Waals surface area contributed by atoms with E-state index in [-0.39, 0.29) is 0 Å². The van der Waals surface area contributed by atoms with Gasteiger partial charge >= 0.3 is 5.76 Å². The van der Waals surface area contributed by atoms with E-state index < -0.39 is 5.76 Å². The molecule has 0 aliphatic carbocycles. The molecule has 2 aromatic heterocycles. The highest BCUT2D eigenvalue weighted by atomic mass is 16.5. The van der Waals surface area contributed by atoms with Crippen LogP contribution in [0.5, 0.6) is 0 Å². The smallest absolute Gasteiger partial charge is 0.314 e. The van der Waals surface area contributed by atoms with Crippen LogP contribution in [0.2, 0.25) is 0 Å². The zero-order valence-corrected chi connectivity index (χ0v) is 5.94. The highest BCUT2D eigenvalue weighted by Crippen LogP contribution is 2.00. The molecule has 0 fully saturated rings. The number of aryl methyl sites for hydroxylation is 1. The molecule has 2 aromatic rings. The monoisotopic (exact) mass is 150 g/mol. The van der Waals surface area contributed by atoms with Crippen LogP contribution in [0, 0.1) is 6.92 Å². The van der Waals surface area contributed by atoms with Crippen LogP contribution in [0.25, 0.3) is 5.65 Å². The van der Waals surface area contributed by atoms with E-state index in [0.717, 1.165) is 5.56 Å². The molecule has 0 radical (unpaired) electrons. The van der Waals surface area contributed by atoms with Crippen molar-refractivity contribution in [2.45, 2.75) is 6.92 Å². The first kappa shape index (κ1) is 6.15. The van der Waals surface area contributed by atoms with Gasteiger partial charge in [-0.2, -0.15) is 9.56 Å². The molecule has 0 saturated heterocycles. The normalized spacial score (nSPS) is 10.6. The maximum absolute atomic E-state index is 10.6. The van der Waals surface area contributed by atoms with Crippen molar-refractivity contribution in [3.8, 4) is 0 Å². The van der Waals surface area contributed by atoms with E-state index in [1.54, 1.807) is 12.3 Å². The summed E-state index contributed by atoms with van der Waals surface area (Å²) in [6.07, 6.45) is 1.67. The molecule has 0 amide bonds. The average molecular weight is 150 g/mol. The third-order valence-electron chi connectivity index (χ3n) is 1.44. The Labute approximate surface area is 62.1 Å². The molecule has 4 nitrogen and oxygen atoms in total. The second-order valence-corrected chi connectivity index (χ2v) is 2.36. The van der Waals surface area contributed by atoms with Crippen LogP contribution in [-0.2, 0) is 0 Å². The summed E-state index contributed by atoms with van der Waals surface area (Å²) in [7, 11) is 0. The molecule has 2 rings (SSSR count). The number of aromatic nitrogens is 2. The van der Waals surface area contributed by atoms with Gasteiger partial charge in [0.2, 0.25) is 0 Å². The standard InChI is InChI=1S/C7H6N2O2/c1-5-2-3-9-6(4-5)8-7(10)11-9/h2-4H,1H3. The van der Waals surface area contributed by atoms with Gasteiger partial charge in [0.15, 0.2) is 5.65 Å². The van der Waals surface area contributed by atoms with Gasteiger partial charge in [-0.05, 0) is 24.6 Å². The molecule has 0 atom stereocenters. The molecule has 0 N–H and O–H groups in total. The van der Waals surface area contributed by atoms with Crippen molar-refractivity contribution in [1.82, 2.24) is 9.56 Å². The number of hydrogen-bond donors (Lipinski definition) is 0. The zero-order valence-electron chi connectivity index (χ0n) is 5.94. The molecular weight excluding hydrogens is 144 g/mol. The molecule has 0 saturated carbocycles. The van der Waals surface area contributed by atoms with Crippen LogP contribution < -0.4 is 5.76 Å². The van der Waals surface area contributed by atoms with Crippen molar-refractivity contribution < 1.29 is 4.52 Å². The zero-order chi connectivity index (χ0) is 7.84. The lowest BCUT2D eigenvalue weighted by Crippen LogP contribution is -1.93. The molecule has 0 aliphatic heterocycles. The highest BCUT2D eigenvalue weighted by molar-refractivity contribution is 5.37. The van der Waals surface area contributed by atoms with Crippen LogP contribution in [0.15, 0.2) is 27.6 Å². The summed E-state index contributed by atoms with van der Waals surface area (Å²) in [6.45, 7) is 1.93. The molecule has 0 bridgehead atoms. The molecule has 4 heteroatoms. The SMILES string of the molecule is Cc1ccn2oc(=O)nc2c1. The minimum absolute atomic E-state index is 0.551. The predicted molar refractivity (Wildman–Crippen MR) is 38.5 cm³/mol. The van der Waals surface area contributed by atoms with E-state index in [9.17, 15) is 4.79 Å². The van der Waals surface area contributed by atoms with Crippen LogP contribution in [-0.4, -0.2) is 9.56 Å². The second-order valence-electron chi connectivity index (χ2n) is 2.36. The van der Waals surface area contributed by atoms with Gasteiger partial charge in [-0.1, -0.05) is 0 Å². The van der Waals surface area contributed by atoms with Gasteiger partial charge in [0.1, 0.15) is 0 Å². The summed E-state index contributed by atoms with van der Waals surface area (Å²) >= 11 is 0. The van der Waals surface area contributed by atoms with Crippen LogP contribution in [0.3, 0.4) is 0 Å². The number of fused-ring (bicyclic) bond motifs is 1. The van der Waals surface area contributed by atoms with Crippen LogP contribution in [0.4, 0.5) is 0 Å². The van der Waals surface area contributed by atoms with Crippen molar-refractivity contribution in [1.29, 1.82) is 0 Å². The van der Waals surface area contributed by atoms with Gasteiger partial charge < -0.3 is 4.52 Å². The largest absolute Gasteiger partial charge is 0.460 e. The number of hydrogen-bond acceptors (Lipinski definition) is 3. The van der Waals surface area contributed by atoms with Crippen molar-refractivity contribution in [2.24, 2.45) is 0 Å². The maximum atomic E-state index is 10.6. The first-order valence-electron chi connectivity index (χ1n) is 3.22. The number of rotatable bonds is 0. The van der Waals surface area contributed by atoms with Crippen molar-refractivity contribution in [3.63, 3.8) is 0 Å². The Hall–Kier alpha value is -1.58. The summed E-state index contributed by atoms with van der Waals surface area (Å²) in [5.74, 6) is -0.560. The Bertz CT molecular complexity index is 441. The molecule has 0 aliphatic rings. The fourth-order valence-corrected chi connectivity index (χ4v) is 0.934. The third-order valence-corrected chi connectivity index (χ3v) is 1.44. The Balaban J connectivity index is 2.92. The minimum Gasteiger partial charge on any atom is -0.314 e. The lowest BCUT2D eigenvalue weighted by Gasteiger charge is -1.89. The quantitative estimate of drug-likeness (QED) is 0.552. The van der Waals surface area contributed by atoms with Gasteiger partial charge in [-0.3, -0.25) is 0 Å². The number of pyridine rings is 1. The molecule has 0 unspecified atom stereocenters. The summed E-state index contributed by atoms with van der Waals surface area (Å²) in [4.78, 5) is 14.2. The van der Waals surface area contributed by atoms with E-state index in [2.05, 4.69) is 9.51 Å². The van der Waals surface area contributed by atoms with Gasteiger partial charge in [0.25, 0.3) is 0 Å². The third kappa shape index (κ3) is 0.920. The number of nitrogens with zero attached hydrogens (tertiary/aromatic N) is 2. The maximum Gasteiger partial charge on any atom is 0.460 e. The van der Waals surface area contributed by atoms with E-state index >= 15 is 0 Å². The lowest BCUT2D eigenvalue weighted by atomic mass is 10.3. The predicted octanol–water partition coefficient (Wildman–Crippen LogP) is 0.596. The molecule has 11 heavy (non-hydrogen) atoms. The fourth-order valence-electron chi connectivity index (χ4n) is 0.934. The topological polar surface area (TPSA) is 47.5 Å². The molecule has 0 aromatic carbocycles. The Morgan fingerprint density at radius 2 is 2.45 bits per heavy atom. The Kier molecular flexibility index (Phi) is 1.09. The molecule has 56 valence electrons. The first-order chi connectivity index (χ1) is 5.25. The lowest BCUT2D eigenvalue weighted by molar-refractivity contribution is 0.345. The molecule has 0 spiro atoms. The summed E-state index contributed by atoms with van der Waals surface area (Å²) in [6, 6.07) is 3.63. The fraction of sp³-hybridized carbons (Fsp3) is 0.143. The van der Waals surface area contributed by atoms with E-state index in [1.165, 1.54) is 4.57 Å². The van der Waals surface area contributed by atoms with E-state index in [1.807, 2.05) is 13.0 Å². The summed E-state index contributed by atoms with van der Waals surface area (Å²) in [5, 5.41) is 0. The van der Waals surface area contributed by atoms with E-state index in [4.69, 9.17) is 0 Å². The Morgan fingerprint density at radius 3 is 3.27 bits per heavy atom. The Morgan fingerprint density at radius 1 is 1.64 bits per heavy atom. The molecular formula is C7H6N2O2. The molecule has 2 heterocycles. The van der Waals surface area contributed by atoms with Crippen molar-refractivity contribution in [2.75, 3.05) is 0 Å². The first-order valence-corrected chi connectivity index (χ1v) is 3.22. The van der Waals surface area contributed by atoms with Gasteiger partial charge in [0, 0.05) is 6.20 Å². The van der Waals surface area contributed by atoms with Crippen LogP contribution >= 0.6 is 0 Å².